The van der Waals surface area contributed by atoms with E-state index in [1.165, 1.54) is 12.0 Å². The molecule has 4 rings (SSSR count). The lowest BCUT2D eigenvalue weighted by atomic mass is 9.84. The minimum Gasteiger partial charge on any atom is -0.507 e. The van der Waals surface area contributed by atoms with Gasteiger partial charge < -0.3 is 14.6 Å². The highest BCUT2D eigenvalue weighted by Gasteiger charge is 2.48. The van der Waals surface area contributed by atoms with Gasteiger partial charge in [-0.15, -0.1) is 0 Å². The van der Waals surface area contributed by atoms with Crippen molar-refractivity contribution in [3.8, 4) is 17.6 Å². The molecular formula is C30H28N2O5. The summed E-state index contributed by atoms with van der Waals surface area (Å²) in [6.45, 7) is 6.06. The molecule has 1 heterocycles. The fourth-order valence-corrected chi connectivity index (χ4v) is 4.58. The molecule has 7 nitrogen and oxygen atoms in total. The third-order valence-electron chi connectivity index (χ3n) is 6.43. The molecule has 0 aromatic heterocycles. The summed E-state index contributed by atoms with van der Waals surface area (Å²) in [6.07, 6.45) is 0. The number of aliphatic hydroxyl groups is 1. The van der Waals surface area contributed by atoms with Crippen LogP contribution in [0.1, 0.15) is 49.1 Å². The first-order chi connectivity index (χ1) is 17.6. The van der Waals surface area contributed by atoms with E-state index in [0.717, 1.165) is 5.56 Å². The Kier molecular flexibility index (Phi) is 6.78. The van der Waals surface area contributed by atoms with E-state index in [9.17, 15) is 20.0 Å². The maximum Gasteiger partial charge on any atom is 0.300 e. The number of aliphatic hydroxyl groups excluding tert-OH is 1. The molecule has 3 aromatic rings. The standard InChI is InChI=1S/C30H28N2O5/c1-30(2,3)22-16-19(12-15-24(22)37-5)27(33)25-26(21-8-6-7-9-23(21)36-4)32(29(35)28(25)34)20-13-10-18(17-31)11-14-20/h6-16,26,33H,1-5H3/b27-25+. The average molecular weight is 497 g/mol. The van der Waals surface area contributed by atoms with Crippen LogP contribution in [0.3, 0.4) is 0 Å². The number of Topliss-reactive ketones (excluding diaryl/α,β-unsaturated/α-hetero) is 1. The number of ether oxygens (including phenoxy) is 2. The Morgan fingerprint density at radius 2 is 1.59 bits per heavy atom. The summed E-state index contributed by atoms with van der Waals surface area (Å²) in [6, 6.07) is 19.7. The van der Waals surface area contributed by atoms with Gasteiger partial charge in [-0.05, 0) is 53.9 Å². The summed E-state index contributed by atoms with van der Waals surface area (Å²) in [4.78, 5) is 28.2. The minimum absolute atomic E-state index is 0.0520. The minimum atomic E-state index is -0.954. The first-order valence-electron chi connectivity index (χ1n) is 11.7. The van der Waals surface area contributed by atoms with Gasteiger partial charge in [-0.25, -0.2) is 0 Å². The number of carbonyl (C=O) groups is 2. The zero-order valence-corrected chi connectivity index (χ0v) is 21.4. The molecule has 37 heavy (non-hydrogen) atoms. The van der Waals surface area contributed by atoms with Gasteiger partial charge in [0, 0.05) is 22.4 Å². The predicted molar refractivity (Wildman–Crippen MR) is 141 cm³/mol. The molecule has 1 aliphatic rings. The molecule has 0 spiro atoms. The van der Waals surface area contributed by atoms with E-state index in [-0.39, 0.29) is 16.7 Å². The summed E-state index contributed by atoms with van der Waals surface area (Å²) in [5.41, 5.74) is 2.25. The van der Waals surface area contributed by atoms with Crippen molar-refractivity contribution >= 4 is 23.1 Å². The Morgan fingerprint density at radius 3 is 2.19 bits per heavy atom. The van der Waals surface area contributed by atoms with E-state index in [1.807, 2.05) is 20.8 Å². The quantitative estimate of drug-likeness (QED) is 0.284. The molecule has 0 aliphatic carbocycles. The van der Waals surface area contributed by atoms with Crippen LogP contribution >= 0.6 is 0 Å². The number of benzene rings is 3. The Bertz CT molecular complexity index is 1440. The van der Waals surface area contributed by atoms with Crippen molar-refractivity contribution in [2.24, 2.45) is 0 Å². The Labute approximate surface area is 216 Å². The number of hydrogen-bond donors (Lipinski definition) is 1. The predicted octanol–water partition coefficient (Wildman–Crippen LogP) is 5.50. The average Bonchev–Trinajstić information content (AvgIpc) is 3.17. The van der Waals surface area contributed by atoms with Gasteiger partial charge >= 0.3 is 0 Å². The van der Waals surface area contributed by atoms with Gasteiger partial charge in [-0.3, -0.25) is 14.5 Å². The molecule has 1 N–H and O–H groups in total. The molecule has 1 aliphatic heterocycles. The molecular weight excluding hydrogens is 468 g/mol. The van der Waals surface area contributed by atoms with Gasteiger partial charge in [0.2, 0.25) is 0 Å². The highest BCUT2D eigenvalue weighted by atomic mass is 16.5. The number of para-hydroxylation sites is 1. The second kappa shape index (κ2) is 9.82. The summed E-state index contributed by atoms with van der Waals surface area (Å²) in [7, 11) is 3.08. The lowest BCUT2D eigenvalue weighted by Gasteiger charge is -2.27. The summed E-state index contributed by atoms with van der Waals surface area (Å²) in [5, 5.41) is 20.8. The number of anilines is 1. The number of rotatable bonds is 5. The largest absolute Gasteiger partial charge is 0.507 e. The van der Waals surface area contributed by atoms with Crippen LogP contribution in [0, 0.1) is 11.3 Å². The van der Waals surface area contributed by atoms with Crippen molar-refractivity contribution in [2.75, 3.05) is 19.1 Å². The van der Waals surface area contributed by atoms with Gasteiger partial charge in [-0.1, -0.05) is 39.0 Å². The Hall–Kier alpha value is -4.57. The fourth-order valence-electron chi connectivity index (χ4n) is 4.58. The van der Waals surface area contributed by atoms with Crippen molar-refractivity contribution < 1.29 is 24.2 Å². The van der Waals surface area contributed by atoms with E-state index in [2.05, 4.69) is 6.07 Å². The van der Waals surface area contributed by atoms with E-state index in [4.69, 9.17) is 9.47 Å². The number of carbonyl (C=O) groups excluding carboxylic acids is 2. The van der Waals surface area contributed by atoms with Crippen LogP contribution in [-0.2, 0) is 15.0 Å². The van der Waals surface area contributed by atoms with Crippen LogP contribution in [0.25, 0.3) is 5.76 Å². The summed E-state index contributed by atoms with van der Waals surface area (Å²) in [5.74, 6) is -0.774. The van der Waals surface area contributed by atoms with Gasteiger partial charge in [0.05, 0.1) is 37.5 Å². The van der Waals surface area contributed by atoms with Crippen molar-refractivity contribution in [3.05, 3.63) is 94.6 Å². The van der Waals surface area contributed by atoms with Crippen molar-refractivity contribution in [2.45, 2.75) is 32.2 Å². The molecule has 7 heteroatoms. The molecule has 1 amide bonds. The highest BCUT2D eigenvalue weighted by molar-refractivity contribution is 6.51. The van der Waals surface area contributed by atoms with Crippen molar-refractivity contribution in [1.29, 1.82) is 5.26 Å². The first-order valence-corrected chi connectivity index (χ1v) is 11.7. The van der Waals surface area contributed by atoms with Gasteiger partial charge in [0.1, 0.15) is 17.3 Å². The zero-order chi connectivity index (χ0) is 26.9. The molecule has 0 bridgehead atoms. The van der Waals surface area contributed by atoms with E-state index >= 15 is 0 Å². The monoisotopic (exact) mass is 496 g/mol. The second-order valence-electron chi connectivity index (χ2n) is 9.73. The number of methoxy groups -OCH3 is 2. The van der Waals surface area contributed by atoms with Crippen LogP contribution in [0.2, 0.25) is 0 Å². The van der Waals surface area contributed by atoms with Crippen LogP contribution in [0.15, 0.2) is 72.3 Å². The Balaban J connectivity index is 1.99. The number of amides is 1. The maximum atomic E-state index is 13.5. The topological polar surface area (TPSA) is 99.9 Å². The highest BCUT2D eigenvalue weighted by Crippen LogP contribution is 2.45. The number of nitrogens with zero attached hydrogens (tertiary/aromatic N) is 2. The Morgan fingerprint density at radius 1 is 0.946 bits per heavy atom. The van der Waals surface area contributed by atoms with Gasteiger partial charge in [0.25, 0.3) is 11.7 Å². The van der Waals surface area contributed by atoms with Crippen LogP contribution in [0.5, 0.6) is 11.5 Å². The van der Waals surface area contributed by atoms with Gasteiger partial charge in [0.15, 0.2) is 0 Å². The van der Waals surface area contributed by atoms with Crippen molar-refractivity contribution in [3.63, 3.8) is 0 Å². The third-order valence-corrected chi connectivity index (χ3v) is 6.43. The second-order valence-corrected chi connectivity index (χ2v) is 9.73. The van der Waals surface area contributed by atoms with Crippen LogP contribution in [-0.4, -0.2) is 31.0 Å². The zero-order valence-electron chi connectivity index (χ0n) is 21.4. The molecule has 1 atom stereocenters. The third kappa shape index (κ3) is 4.54. The van der Waals surface area contributed by atoms with E-state index in [1.54, 1.807) is 73.8 Å². The molecule has 188 valence electrons. The summed E-state index contributed by atoms with van der Waals surface area (Å²) >= 11 is 0. The van der Waals surface area contributed by atoms with Crippen LogP contribution < -0.4 is 14.4 Å². The van der Waals surface area contributed by atoms with Gasteiger partial charge in [-0.2, -0.15) is 5.26 Å². The lowest BCUT2D eigenvalue weighted by Crippen LogP contribution is -2.29. The van der Waals surface area contributed by atoms with Crippen molar-refractivity contribution in [1.82, 2.24) is 0 Å². The normalized spacial score (nSPS) is 17.0. The maximum absolute atomic E-state index is 13.5. The molecule has 1 fully saturated rings. The molecule has 3 aromatic carbocycles. The molecule has 0 radical (unpaired) electrons. The number of ketones is 1. The molecule has 0 saturated carbocycles. The lowest BCUT2D eigenvalue weighted by molar-refractivity contribution is -0.132. The SMILES string of the molecule is COc1ccccc1C1/C(=C(\O)c2ccc(OC)c(C(C)(C)C)c2)C(=O)C(=O)N1c1ccc(C#N)cc1. The fraction of sp³-hybridized carbons (Fsp3) is 0.233. The molecule has 1 unspecified atom stereocenters. The first kappa shape index (κ1) is 25.5. The number of nitriles is 1. The molecule has 1 saturated heterocycles. The smallest absolute Gasteiger partial charge is 0.300 e. The number of hydrogen-bond acceptors (Lipinski definition) is 6. The van der Waals surface area contributed by atoms with Crippen LogP contribution in [0.4, 0.5) is 5.69 Å². The summed E-state index contributed by atoms with van der Waals surface area (Å²) < 4.78 is 11.1. The van der Waals surface area contributed by atoms with E-state index < -0.39 is 17.7 Å². The van der Waals surface area contributed by atoms with E-state index in [0.29, 0.717) is 33.9 Å².